The summed E-state index contributed by atoms with van der Waals surface area (Å²) in [6.07, 6.45) is 3.28. The Labute approximate surface area is 109 Å². The Kier molecular flexibility index (Phi) is 3.81. The van der Waals surface area contributed by atoms with Gasteiger partial charge in [-0.1, -0.05) is 0 Å². The van der Waals surface area contributed by atoms with Crippen LogP contribution in [0.3, 0.4) is 0 Å². The molecule has 1 fully saturated rings. The summed E-state index contributed by atoms with van der Waals surface area (Å²) in [5, 5.41) is 0. The molecular formula is C15H23NO2. The molecule has 1 aliphatic carbocycles. The molecule has 0 aromatic heterocycles. The van der Waals surface area contributed by atoms with Crippen LogP contribution in [0.1, 0.15) is 29.5 Å². The molecule has 3 heteroatoms. The monoisotopic (exact) mass is 249 g/mol. The van der Waals surface area contributed by atoms with Gasteiger partial charge in [0.15, 0.2) is 0 Å². The molecule has 1 saturated carbocycles. The van der Waals surface area contributed by atoms with E-state index in [2.05, 4.69) is 19.9 Å². The van der Waals surface area contributed by atoms with Crippen molar-refractivity contribution in [2.75, 3.05) is 14.2 Å². The molecule has 0 saturated heterocycles. The lowest BCUT2D eigenvalue weighted by Crippen LogP contribution is -2.37. The molecule has 0 spiro atoms. The van der Waals surface area contributed by atoms with Gasteiger partial charge in [-0.2, -0.15) is 0 Å². The zero-order chi connectivity index (χ0) is 13.3. The topological polar surface area (TPSA) is 44.5 Å². The highest BCUT2D eigenvalue weighted by Crippen LogP contribution is 2.37. The third-order valence-electron chi connectivity index (χ3n) is 4.07. The van der Waals surface area contributed by atoms with Crippen molar-refractivity contribution in [1.82, 2.24) is 0 Å². The van der Waals surface area contributed by atoms with Crippen LogP contribution in [0.2, 0.25) is 0 Å². The molecular weight excluding hydrogens is 226 g/mol. The van der Waals surface area contributed by atoms with Crippen molar-refractivity contribution in [2.24, 2.45) is 11.7 Å². The van der Waals surface area contributed by atoms with Crippen molar-refractivity contribution in [3.05, 3.63) is 22.8 Å². The van der Waals surface area contributed by atoms with E-state index in [0.717, 1.165) is 36.3 Å². The lowest BCUT2D eigenvalue weighted by molar-refractivity contribution is 0.261. The van der Waals surface area contributed by atoms with Crippen molar-refractivity contribution >= 4 is 0 Å². The average molecular weight is 249 g/mol. The van der Waals surface area contributed by atoms with Gasteiger partial charge in [0.05, 0.1) is 14.2 Å². The van der Waals surface area contributed by atoms with Crippen LogP contribution >= 0.6 is 0 Å². The fourth-order valence-electron chi connectivity index (χ4n) is 2.84. The largest absolute Gasteiger partial charge is 0.496 e. The first-order chi connectivity index (χ1) is 8.56. The molecule has 0 amide bonds. The van der Waals surface area contributed by atoms with Gasteiger partial charge >= 0.3 is 0 Å². The second-order valence-electron chi connectivity index (χ2n) is 5.32. The summed E-state index contributed by atoms with van der Waals surface area (Å²) in [6, 6.07) is 2.51. The number of rotatable bonds is 4. The second-order valence-corrected chi connectivity index (χ2v) is 5.32. The van der Waals surface area contributed by atoms with Gasteiger partial charge in [0.2, 0.25) is 0 Å². The maximum atomic E-state index is 5.85. The quantitative estimate of drug-likeness (QED) is 0.892. The van der Waals surface area contributed by atoms with Crippen LogP contribution in [0.4, 0.5) is 0 Å². The number of hydrogen-bond acceptors (Lipinski definition) is 3. The zero-order valence-electron chi connectivity index (χ0n) is 11.7. The molecule has 0 heterocycles. The van der Waals surface area contributed by atoms with Gasteiger partial charge in [0, 0.05) is 6.04 Å². The van der Waals surface area contributed by atoms with Gasteiger partial charge in [0.1, 0.15) is 11.5 Å². The molecule has 0 radical (unpaired) electrons. The number of methoxy groups -OCH3 is 2. The minimum absolute atomic E-state index is 0.398. The van der Waals surface area contributed by atoms with E-state index in [-0.39, 0.29) is 0 Å². The molecule has 0 atom stereocenters. The second kappa shape index (κ2) is 5.19. The Morgan fingerprint density at radius 2 is 1.83 bits per heavy atom. The Morgan fingerprint density at radius 1 is 1.17 bits per heavy atom. The lowest BCUT2D eigenvalue weighted by atomic mass is 9.77. The van der Waals surface area contributed by atoms with Gasteiger partial charge < -0.3 is 15.2 Å². The Hall–Kier alpha value is -1.22. The molecule has 0 bridgehead atoms. The molecule has 100 valence electrons. The van der Waals surface area contributed by atoms with Crippen LogP contribution in [0.5, 0.6) is 11.5 Å². The highest BCUT2D eigenvalue weighted by molar-refractivity contribution is 5.52. The van der Waals surface area contributed by atoms with Crippen molar-refractivity contribution in [3.8, 4) is 11.5 Å². The van der Waals surface area contributed by atoms with Crippen LogP contribution in [0.25, 0.3) is 0 Å². The molecule has 2 N–H and O–H groups in total. The van der Waals surface area contributed by atoms with Crippen LogP contribution in [-0.2, 0) is 6.42 Å². The van der Waals surface area contributed by atoms with E-state index in [0.29, 0.717) is 12.0 Å². The fraction of sp³-hybridized carbons (Fsp3) is 0.600. The molecule has 18 heavy (non-hydrogen) atoms. The van der Waals surface area contributed by atoms with Gasteiger partial charge in [-0.15, -0.1) is 0 Å². The molecule has 0 unspecified atom stereocenters. The summed E-state index contributed by atoms with van der Waals surface area (Å²) in [6.45, 7) is 4.16. The smallest absolute Gasteiger partial charge is 0.125 e. The number of hydrogen-bond donors (Lipinski definition) is 1. The zero-order valence-corrected chi connectivity index (χ0v) is 11.7. The van der Waals surface area contributed by atoms with Crippen LogP contribution in [0.15, 0.2) is 6.07 Å². The molecule has 0 aliphatic heterocycles. The Balaban J connectivity index is 2.29. The van der Waals surface area contributed by atoms with E-state index >= 15 is 0 Å². The van der Waals surface area contributed by atoms with E-state index < -0.39 is 0 Å². The SMILES string of the molecule is COc1cc(CC2CC(N)C2)c(OC)c(C)c1C. The summed E-state index contributed by atoms with van der Waals surface area (Å²) in [5.74, 6) is 2.65. The number of nitrogens with two attached hydrogens (primary N) is 1. The summed E-state index contributed by atoms with van der Waals surface area (Å²) in [4.78, 5) is 0. The van der Waals surface area contributed by atoms with E-state index in [1.807, 2.05) is 0 Å². The van der Waals surface area contributed by atoms with E-state index in [1.165, 1.54) is 11.1 Å². The highest BCUT2D eigenvalue weighted by atomic mass is 16.5. The highest BCUT2D eigenvalue weighted by Gasteiger charge is 2.27. The third kappa shape index (κ3) is 2.32. The predicted octanol–water partition coefficient (Wildman–Crippen LogP) is 2.60. The average Bonchev–Trinajstić information content (AvgIpc) is 2.32. The summed E-state index contributed by atoms with van der Waals surface area (Å²) in [7, 11) is 3.46. The maximum absolute atomic E-state index is 5.85. The standard InChI is InChI=1S/C15H23NO2/c1-9-10(2)15(18-4)12(8-14(9)17-3)5-11-6-13(16)7-11/h8,11,13H,5-7,16H2,1-4H3. The molecule has 3 nitrogen and oxygen atoms in total. The van der Waals surface area contributed by atoms with Crippen LogP contribution in [0, 0.1) is 19.8 Å². The van der Waals surface area contributed by atoms with Gasteiger partial charge in [-0.25, -0.2) is 0 Å². The molecule has 1 aromatic rings. The van der Waals surface area contributed by atoms with Crippen molar-refractivity contribution in [2.45, 2.75) is 39.2 Å². The lowest BCUT2D eigenvalue weighted by Gasteiger charge is -2.33. The fourth-order valence-corrected chi connectivity index (χ4v) is 2.84. The minimum Gasteiger partial charge on any atom is -0.496 e. The van der Waals surface area contributed by atoms with Gasteiger partial charge in [0.25, 0.3) is 0 Å². The summed E-state index contributed by atoms with van der Waals surface area (Å²) in [5.41, 5.74) is 9.42. The summed E-state index contributed by atoms with van der Waals surface area (Å²) < 4.78 is 11.0. The third-order valence-corrected chi connectivity index (χ3v) is 4.07. The molecule has 1 aliphatic rings. The first-order valence-electron chi connectivity index (χ1n) is 6.53. The van der Waals surface area contributed by atoms with E-state index in [1.54, 1.807) is 14.2 Å². The summed E-state index contributed by atoms with van der Waals surface area (Å²) >= 11 is 0. The van der Waals surface area contributed by atoms with Crippen molar-refractivity contribution < 1.29 is 9.47 Å². The molecule has 2 rings (SSSR count). The first-order valence-corrected chi connectivity index (χ1v) is 6.53. The number of ether oxygens (including phenoxy) is 2. The predicted molar refractivity (Wildman–Crippen MR) is 73.4 cm³/mol. The van der Waals surface area contributed by atoms with Crippen molar-refractivity contribution in [3.63, 3.8) is 0 Å². The van der Waals surface area contributed by atoms with Gasteiger partial charge in [-0.05, 0) is 61.8 Å². The Morgan fingerprint density at radius 3 is 2.33 bits per heavy atom. The normalized spacial score (nSPS) is 22.5. The van der Waals surface area contributed by atoms with Gasteiger partial charge in [-0.3, -0.25) is 0 Å². The van der Waals surface area contributed by atoms with Crippen molar-refractivity contribution in [1.29, 1.82) is 0 Å². The van der Waals surface area contributed by atoms with E-state index in [9.17, 15) is 0 Å². The first kappa shape index (κ1) is 13.2. The maximum Gasteiger partial charge on any atom is 0.125 e. The van der Waals surface area contributed by atoms with E-state index in [4.69, 9.17) is 15.2 Å². The minimum atomic E-state index is 0.398. The molecule has 1 aromatic carbocycles. The van der Waals surface area contributed by atoms with Crippen LogP contribution < -0.4 is 15.2 Å². The van der Waals surface area contributed by atoms with Crippen LogP contribution in [-0.4, -0.2) is 20.3 Å². The Bertz CT molecular complexity index is 437. The number of benzene rings is 1.